The fourth-order valence-electron chi connectivity index (χ4n) is 2.70. The van der Waals surface area contributed by atoms with Crippen molar-refractivity contribution in [3.63, 3.8) is 0 Å². The number of ketones is 1. The third-order valence-electron chi connectivity index (χ3n) is 4.02. The van der Waals surface area contributed by atoms with E-state index in [4.69, 9.17) is 0 Å². The molecule has 0 aromatic carbocycles. The molecule has 1 aromatic heterocycles. The maximum absolute atomic E-state index is 12.1. The van der Waals surface area contributed by atoms with Gasteiger partial charge in [-0.05, 0) is 31.6 Å². The molecule has 0 radical (unpaired) electrons. The number of nitrogens with one attached hydrogen (secondary N) is 1. The largest absolute Gasteiger partial charge is 0.328 e. The Morgan fingerprint density at radius 1 is 1.32 bits per heavy atom. The van der Waals surface area contributed by atoms with Crippen molar-refractivity contribution in [2.45, 2.75) is 46.1 Å². The molecule has 1 N–H and O–H groups in total. The summed E-state index contributed by atoms with van der Waals surface area (Å²) in [7, 11) is 0. The Morgan fingerprint density at radius 3 is 2.53 bits per heavy atom. The number of hydrogen-bond donors (Lipinski definition) is 1. The molecular formula is C14H20N2O3. The van der Waals surface area contributed by atoms with E-state index >= 15 is 0 Å². The molecule has 0 bridgehead atoms. The summed E-state index contributed by atoms with van der Waals surface area (Å²) < 4.78 is 1.18. The summed E-state index contributed by atoms with van der Waals surface area (Å²) in [5.41, 5.74) is -0.827. The Labute approximate surface area is 111 Å². The minimum atomic E-state index is -0.463. The average Bonchev–Trinajstić information content (AvgIpc) is 2.36. The van der Waals surface area contributed by atoms with Crippen LogP contribution >= 0.6 is 0 Å². The monoisotopic (exact) mass is 264 g/mol. The number of carbonyl (C=O) groups excluding carboxylic acids is 1. The Bertz CT molecular complexity index is 577. The highest BCUT2D eigenvalue weighted by Gasteiger charge is 2.20. The summed E-state index contributed by atoms with van der Waals surface area (Å²) >= 11 is 0. The predicted molar refractivity (Wildman–Crippen MR) is 72.4 cm³/mol. The van der Waals surface area contributed by atoms with Crippen LogP contribution in [-0.2, 0) is 6.54 Å². The van der Waals surface area contributed by atoms with Gasteiger partial charge in [0.2, 0.25) is 0 Å². The van der Waals surface area contributed by atoms with Gasteiger partial charge in [-0.2, -0.15) is 0 Å². The van der Waals surface area contributed by atoms with E-state index in [1.165, 1.54) is 17.7 Å². The van der Waals surface area contributed by atoms with Gasteiger partial charge in [0, 0.05) is 12.7 Å². The lowest BCUT2D eigenvalue weighted by molar-refractivity contribution is 0.101. The fraction of sp³-hybridized carbons (Fsp3) is 0.643. The third-order valence-corrected chi connectivity index (χ3v) is 4.02. The average molecular weight is 264 g/mol. The number of aromatic amines is 1. The molecule has 19 heavy (non-hydrogen) atoms. The summed E-state index contributed by atoms with van der Waals surface area (Å²) in [6, 6.07) is 0. The highest BCUT2D eigenvalue weighted by atomic mass is 16.2. The summed E-state index contributed by atoms with van der Waals surface area (Å²) in [4.78, 5) is 37.6. The summed E-state index contributed by atoms with van der Waals surface area (Å²) in [6.45, 7) is 3.98. The fourth-order valence-corrected chi connectivity index (χ4v) is 2.70. The topological polar surface area (TPSA) is 71.9 Å². The number of rotatable bonds is 3. The second-order valence-electron chi connectivity index (χ2n) is 5.61. The van der Waals surface area contributed by atoms with Gasteiger partial charge in [0.25, 0.3) is 5.56 Å². The second-order valence-corrected chi connectivity index (χ2v) is 5.61. The minimum absolute atomic E-state index is 0.0591. The van der Waals surface area contributed by atoms with Gasteiger partial charge >= 0.3 is 5.69 Å². The summed E-state index contributed by atoms with van der Waals surface area (Å²) in [5.74, 6) is 0.777. The predicted octanol–water partition coefficient (Wildman–Crippen LogP) is 1.57. The number of hydrogen-bond acceptors (Lipinski definition) is 3. The lowest BCUT2D eigenvalue weighted by Crippen LogP contribution is -2.39. The molecule has 0 atom stereocenters. The summed E-state index contributed by atoms with van der Waals surface area (Å²) in [6.07, 6.45) is 5.58. The van der Waals surface area contributed by atoms with Crippen molar-refractivity contribution in [3.05, 3.63) is 32.6 Å². The van der Waals surface area contributed by atoms with Gasteiger partial charge in [-0.15, -0.1) is 0 Å². The minimum Gasteiger partial charge on any atom is -0.313 e. The van der Waals surface area contributed by atoms with Crippen molar-refractivity contribution in [1.29, 1.82) is 0 Å². The smallest absolute Gasteiger partial charge is 0.313 e. The van der Waals surface area contributed by atoms with Crippen LogP contribution in [-0.4, -0.2) is 15.3 Å². The van der Waals surface area contributed by atoms with Crippen molar-refractivity contribution in [2.24, 2.45) is 11.8 Å². The van der Waals surface area contributed by atoms with Crippen LogP contribution in [0.3, 0.4) is 0 Å². The Morgan fingerprint density at radius 2 is 1.95 bits per heavy atom. The van der Waals surface area contributed by atoms with Gasteiger partial charge in [-0.25, -0.2) is 4.79 Å². The van der Waals surface area contributed by atoms with E-state index in [0.29, 0.717) is 12.5 Å². The second kappa shape index (κ2) is 5.55. The standard InChI is InChI=1S/C14H20N2O3/c1-9-3-5-11(6-4-9)8-16-13(18)12(10(2)17)7-15-14(16)19/h7,9,11H,3-6,8H2,1-2H3,(H,15,19). The van der Waals surface area contributed by atoms with Crippen LogP contribution in [0, 0.1) is 11.8 Å². The molecule has 1 heterocycles. The molecule has 1 aliphatic rings. The van der Waals surface area contributed by atoms with Crippen molar-refractivity contribution in [1.82, 2.24) is 9.55 Å². The van der Waals surface area contributed by atoms with Crippen molar-refractivity contribution >= 4 is 5.78 Å². The number of H-pyrrole nitrogens is 1. The Kier molecular flexibility index (Phi) is 4.02. The van der Waals surface area contributed by atoms with Crippen LogP contribution < -0.4 is 11.2 Å². The van der Waals surface area contributed by atoms with Gasteiger partial charge < -0.3 is 4.98 Å². The Balaban J connectivity index is 2.25. The van der Waals surface area contributed by atoms with Crippen molar-refractivity contribution < 1.29 is 4.79 Å². The molecule has 0 aliphatic heterocycles. The van der Waals surface area contributed by atoms with Crippen LogP contribution in [0.1, 0.15) is 49.9 Å². The normalized spacial score (nSPS) is 23.3. The molecule has 1 aromatic rings. The van der Waals surface area contributed by atoms with Crippen LogP contribution in [0.4, 0.5) is 0 Å². The van der Waals surface area contributed by atoms with Crippen LogP contribution in [0.5, 0.6) is 0 Å². The maximum atomic E-state index is 12.1. The van der Waals surface area contributed by atoms with Gasteiger partial charge in [0.1, 0.15) is 0 Å². The number of nitrogens with zero attached hydrogens (tertiary/aromatic N) is 1. The highest BCUT2D eigenvalue weighted by Crippen LogP contribution is 2.28. The van der Waals surface area contributed by atoms with Crippen molar-refractivity contribution in [3.8, 4) is 0 Å². The highest BCUT2D eigenvalue weighted by molar-refractivity contribution is 5.93. The number of aromatic nitrogens is 2. The zero-order chi connectivity index (χ0) is 14.0. The first kappa shape index (κ1) is 13.8. The van der Waals surface area contributed by atoms with E-state index in [0.717, 1.165) is 31.6 Å². The molecule has 104 valence electrons. The molecule has 0 unspecified atom stereocenters. The first-order valence-corrected chi connectivity index (χ1v) is 6.82. The van der Waals surface area contributed by atoms with Gasteiger partial charge in [-0.1, -0.05) is 19.8 Å². The van der Waals surface area contributed by atoms with Crippen LogP contribution in [0.2, 0.25) is 0 Å². The molecule has 0 amide bonds. The van der Waals surface area contributed by atoms with E-state index in [9.17, 15) is 14.4 Å². The zero-order valence-corrected chi connectivity index (χ0v) is 11.4. The third kappa shape index (κ3) is 3.03. The van der Waals surface area contributed by atoms with Crippen molar-refractivity contribution in [2.75, 3.05) is 0 Å². The van der Waals surface area contributed by atoms with Crippen LogP contribution in [0.25, 0.3) is 0 Å². The van der Waals surface area contributed by atoms with E-state index in [2.05, 4.69) is 11.9 Å². The first-order valence-electron chi connectivity index (χ1n) is 6.82. The molecule has 1 saturated carbocycles. The van der Waals surface area contributed by atoms with E-state index in [1.807, 2.05) is 0 Å². The lowest BCUT2D eigenvalue weighted by Gasteiger charge is -2.26. The first-order chi connectivity index (χ1) is 8.99. The number of Topliss-reactive ketones (excluding diaryl/α,β-unsaturated/α-hetero) is 1. The quantitative estimate of drug-likeness (QED) is 0.842. The molecule has 0 saturated heterocycles. The molecule has 5 nitrogen and oxygen atoms in total. The van der Waals surface area contributed by atoms with E-state index in [-0.39, 0.29) is 11.3 Å². The van der Waals surface area contributed by atoms with E-state index in [1.54, 1.807) is 0 Å². The SMILES string of the molecule is CC(=O)c1c[nH]c(=O)n(CC2CCC(C)CC2)c1=O. The summed E-state index contributed by atoms with van der Waals surface area (Å²) in [5, 5.41) is 0. The molecule has 0 spiro atoms. The van der Waals surface area contributed by atoms with Gasteiger partial charge in [-0.3, -0.25) is 14.2 Å². The molecule has 2 rings (SSSR count). The maximum Gasteiger partial charge on any atom is 0.328 e. The lowest BCUT2D eigenvalue weighted by atomic mass is 9.83. The molecule has 1 aliphatic carbocycles. The van der Waals surface area contributed by atoms with Gasteiger partial charge in [0.15, 0.2) is 5.78 Å². The van der Waals surface area contributed by atoms with E-state index < -0.39 is 11.2 Å². The number of carbonyl (C=O) groups is 1. The van der Waals surface area contributed by atoms with Crippen LogP contribution in [0.15, 0.2) is 15.8 Å². The zero-order valence-electron chi connectivity index (χ0n) is 11.4. The van der Waals surface area contributed by atoms with Gasteiger partial charge in [0.05, 0.1) is 5.56 Å². The molecule has 5 heteroatoms. The Hall–Kier alpha value is -1.65. The molecule has 1 fully saturated rings. The molecular weight excluding hydrogens is 244 g/mol.